The molecule has 230 valence electrons. The predicted octanol–water partition coefficient (Wildman–Crippen LogP) is 3.14. The summed E-state index contributed by atoms with van der Waals surface area (Å²) >= 11 is 0. The van der Waals surface area contributed by atoms with E-state index >= 15 is 4.39 Å². The number of rotatable bonds is 4. The highest BCUT2D eigenvalue weighted by Gasteiger charge is 2.50. The molecule has 2 aliphatic heterocycles. The second-order valence-corrected chi connectivity index (χ2v) is 12.3. The fraction of sp³-hybridized carbons (Fsp3) is 0.548. The molecule has 3 unspecified atom stereocenters. The van der Waals surface area contributed by atoms with Gasteiger partial charge in [0.05, 0.1) is 24.0 Å². The van der Waals surface area contributed by atoms with Crippen molar-refractivity contribution in [2.24, 2.45) is 0 Å². The number of nitrogens with two attached hydrogens (primary N) is 1. The summed E-state index contributed by atoms with van der Waals surface area (Å²) in [5, 5.41) is 10.6. The molecule has 10 nitrogen and oxygen atoms in total. The first-order valence-electron chi connectivity index (χ1n) is 15.3. The number of nitrogen functional groups attached to an aromatic ring is 1. The van der Waals surface area contributed by atoms with Crippen molar-refractivity contribution in [1.82, 2.24) is 35.0 Å². The summed E-state index contributed by atoms with van der Waals surface area (Å²) in [6, 6.07) is 6.59. The van der Waals surface area contributed by atoms with Crippen LogP contribution in [0.25, 0.3) is 5.65 Å². The molecule has 0 bridgehead atoms. The number of fused-ring (bicyclic) bond motifs is 1. The lowest BCUT2D eigenvalue weighted by Gasteiger charge is -2.49. The number of benzene rings is 1. The minimum absolute atomic E-state index is 0.0218. The van der Waals surface area contributed by atoms with Gasteiger partial charge in [-0.15, -0.1) is 5.10 Å². The molecular formula is C31H40F2N8O2. The zero-order valence-electron chi connectivity index (χ0n) is 24.6. The van der Waals surface area contributed by atoms with Crippen molar-refractivity contribution in [2.45, 2.75) is 68.6 Å². The third kappa shape index (κ3) is 5.82. The van der Waals surface area contributed by atoms with Gasteiger partial charge in [-0.3, -0.25) is 9.59 Å². The summed E-state index contributed by atoms with van der Waals surface area (Å²) in [4.78, 5) is 34.9. The Morgan fingerprint density at radius 3 is 2.42 bits per heavy atom. The monoisotopic (exact) mass is 594 g/mol. The molecule has 3 aromatic rings. The number of amides is 2. The number of nitrogens with one attached hydrogen (secondary N) is 2. The van der Waals surface area contributed by atoms with Crippen LogP contribution in [0.15, 0.2) is 36.7 Å². The summed E-state index contributed by atoms with van der Waals surface area (Å²) in [5.74, 6) is -1.94. The molecule has 3 atom stereocenters. The van der Waals surface area contributed by atoms with Gasteiger partial charge in [0.2, 0.25) is 0 Å². The number of carbonyl (C=O) groups is 2. The maximum absolute atomic E-state index is 17.0. The van der Waals surface area contributed by atoms with Gasteiger partial charge in [-0.25, -0.2) is 18.3 Å². The lowest BCUT2D eigenvalue weighted by atomic mass is 9.69. The van der Waals surface area contributed by atoms with Gasteiger partial charge in [0.1, 0.15) is 11.7 Å². The van der Waals surface area contributed by atoms with Gasteiger partial charge in [-0.1, -0.05) is 44.2 Å². The Hall–Kier alpha value is -3.64. The minimum atomic E-state index is -1.28. The molecule has 1 aliphatic carbocycles. The molecule has 12 heteroatoms. The van der Waals surface area contributed by atoms with Crippen LogP contribution in [0.5, 0.6) is 0 Å². The van der Waals surface area contributed by atoms with Crippen molar-refractivity contribution < 1.29 is 18.4 Å². The molecular weight excluding hydrogens is 554 g/mol. The third-order valence-electron chi connectivity index (χ3n) is 9.54. The number of piperidine rings is 1. The highest BCUT2D eigenvalue weighted by molar-refractivity contribution is 6.04. The SMILES string of the molecule is CN1CCN(C(=O)c2ccc(C3C(NC(=O)c4c(N)nn5cc(F)cnc45)CNC4(CCCCCCC4)C3F)cc2)CC1. The van der Waals surface area contributed by atoms with Gasteiger partial charge in [0.25, 0.3) is 11.8 Å². The average Bonchev–Trinajstić information content (AvgIpc) is 3.31. The summed E-state index contributed by atoms with van der Waals surface area (Å²) in [6.07, 6.45) is 7.46. The van der Waals surface area contributed by atoms with E-state index in [-0.39, 0.29) is 22.9 Å². The number of hydrogen-bond acceptors (Lipinski definition) is 7. The Morgan fingerprint density at radius 2 is 1.72 bits per heavy atom. The largest absolute Gasteiger partial charge is 0.381 e. The van der Waals surface area contributed by atoms with Crippen molar-refractivity contribution >= 4 is 23.3 Å². The molecule has 2 aromatic heterocycles. The molecule has 2 amide bonds. The standard InChI is InChI=1S/C31H40F2N8O2/c1-39-13-15-40(16-14-39)30(43)21-9-7-20(8-10-21)24-23(18-36-31(26(24)33)11-5-3-2-4-6-12-31)37-29(42)25-27(34)38-41-19-22(32)17-35-28(25)41/h7-10,17,19,23-24,26,36H,2-6,11-16,18H2,1H3,(H2,34,38)(H,37,42). The molecule has 4 N–H and O–H groups in total. The second-order valence-electron chi connectivity index (χ2n) is 12.3. The molecule has 1 aromatic carbocycles. The fourth-order valence-corrected chi connectivity index (χ4v) is 7.04. The van der Waals surface area contributed by atoms with Gasteiger partial charge >= 0.3 is 0 Å². The Labute approximate surface area is 250 Å². The van der Waals surface area contributed by atoms with E-state index in [9.17, 15) is 14.0 Å². The lowest BCUT2D eigenvalue weighted by Crippen LogP contribution is -2.66. The van der Waals surface area contributed by atoms with Crippen molar-refractivity contribution in [3.63, 3.8) is 0 Å². The number of piperazine rings is 1. The highest BCUT2D eigenvalue weighted by atomic mass is 19.1. The first kappa shape index (κ1) is 29.4. The lowest BCUT2D eigenvalue weighted by molar-refractivity contribution is 0.0435. The van der Waals surface area contributed by atoms with Crippen LogP contribution in [0.1, 0.15) is 77.1 Å². The second kappa shape index (κ2) is 12.2. The number of likely N-dealkylation sites (N-methyl/N-ethyl adjacent to an activating group) is 1. The number of carbonyl (C=O) groups excluding carboxylic acids is 2. The Balaban J connectivity index is 1.29. The first-order chi connectivity index (χ1) is 20.8. The number of hydrogen-bond donors (Lipinski definition) is 3. The number of alkyl halides is 1. The van der Waals surface area contributed by atoms with Crippen LogP contribution in [0.2, 0.25) is 0 Å². The zero-order valence-corrected chi connectivity index (χ0v) is 24.6. The molecule has 3 aliphatic rings. The van der Waals surface area contributed by atoms with Gasteiger partial charge < -0.3 is 26.2 Å². The van der Waals surface area contributed by atoms with Crippen molar-refractivity contribution in [2.75, 3.05) is 45.5 Å². The van der Waals surface area contributed by atoms with Crippen LogP contribution >= 0.6 is 0 Å². The summed E-state index contributed by atoms with van der Waals surface area (Å²) in [5.41, 5.74) is 6.80. The maximum Gasteiger partial charge on any atom is 0.259 e. The van der Waals surface area contributed by atoms with Gasteiger partial charge in [-0.2, -0.15) is 0 Å². The molecule has 3 fully saturated rings. The third-order valence-corrected chi connectivity index (χ3v) is 9.54. The van der Waals surface area contributed by atoms with E-state index in [2.05, 4.69) is 25.6 Å². The predicted molar refractivity (Wildman–Crippen MR) is 159 cm³/mol. The van der Waals surface area contributed by atoms with Crippen LogP contribution in [0.3, 0.4) is 0 Å². The van der Waals surface area contributed by atoms with Crippen LogP contribution in [0, 0.1) is 5.82 Å². The maximum atomic E-state index is 17.0. The van der Waals surface area contributed by atoms with E-state index < -0.39 is 35.4 Å². The van der Waals surface area contributed by atoms with Gasteiger partial charge in [0, 0.05) is 44.2 Å². The highest BCUT2D eigenvalue weighted by Crippen LogP contribution is 2.42. The number of nitrogens with zero attached hydrogens (tertiary/aromatic N) is 5. The number of anilines is 1. The average molecular weight is 595 g/mol. The van der Waals surface area contributed by atoms with Gasteiger partial charge in [-0.05, 0) is 37.6 Å². The van der Waals surface area contributed by atoms with Crippen LogP contribution in [0.4, 0.5) is 14.6 Å². The van der Waals surface area contributed by atoms with Crippen molar-refractivity contribution in [1.29, 1.82) is 0 Å². The Bertz CT molecular complexity index is 1460. The minimum Gasteiger partial charge on any atom is -0.381 e. The zero-order chi connectivity index (χ0) is 30.1. The Morgan fingerprint density at radius 1 is 1.05 bits per heavy atom. The summed E-state index contributed by atoms with van der Waals surface area (Å²) in [7, 11) is 2.04. The van der Waals surface area contributed by atoms with Crippen LogP contribution in [-0.4, -0.2) is 93.7 Å². The van der Waals surface area contributed by atoms with Crippen molar-refractivity contribution in [3.8, 4) is 0 Å². The topological polar surface area (TPSA) is 121 Å². The van der Waals surface area contributed by atoms with E-state index in [1.165, 1.54) is 0 Å². The normalized spacial score (nSPS) is 24.9. The van der Waals surface area contributed by atoms with Crippen LogP contribution in [-0.2, 0) is 0 Å². The van der Waals surface area contributed by atoms with E-state index in [0.717, 1.165) is 80.5 Å². The molecule has 2 saturated heterocycles. The van der Waals surface area contributed by atoms with E-state index in [1.54, 1.807) is 12.1 Å². The van der Waals surface area contributed by atoms with Crippen molar-refractivity contribution in [3.05, 3.63) is 59.2 Å². The van der Waals surface area contributed by atoms with E-state index in [4.69, 9.17) is 5.73 Å². The van der Waals surface area contributed by atoms with E-state index in [1.807, 2.05) is 24.1 Å². The molecule has 1 spiro atoms. The van der Waals surface area contributed by atoms with Gasteiger partial charge in [0.15, 0.2) is 17.3 Å². The summed E-state index contributed by atoms with van der Waals surface area (Å²) < 4.78 is 31.9. The molecule has 0 radical (unpaired) electrons. The number of halogens is 2. The molecule has 4 heterocycles. The molecule has 1 saturated carbocycles. The van der Waals surface area contributed by atoms with E-state index in [0.29, 0.717) is 25.2 Å². The van der Waals surface area contributed by atoms with Crippen LogP contribution < -0.4 is 16.4 Å². The Kier molecular flexibility index (Phi) is 8.32. The smallest absolute Gasteiger partial charge is 0.259 e. The first-order valence-corrected chi connectivity index (χ1v) is 15.3. The molecule has 43 heavy (non-hydrogen) atoms. The fourth-order valence-electron chi connectivity index (χ4n) is 7.04. The molecule has 6 rings (SSSR count). The number of aromatic nitrogens is 3. The summed E-state index contributed by atoms with van der Waals surface area (Å²) in [6.45, 7) is 3.35. The quantitative estimate of drug-likeness (QED) is 0.425.